The largest absolute Gasteiger partial charge is 0.333 e. The number of hydrogen-bond acceptors (Lipinski definition) is 3. The van der Waals surface area contributed by atoms with E-state index in [9.17, 15) is 4.39 Å². The molecule has 5 heteroatoms. The molecule has 0 aliphatic carbocycles. The highest BCUT2D eigenvalue weighted by molar-refractivity contribution is 7.99. The molecule has 1 heterocycles. The number of nitriles is 1. The minimum atomic E-state index is -0.246. The monoisotopic (exact) mass is 261 g/mol. The Bertz CT molecular complexity index is 542. The van der Waals surface area contributed by atoms with Crippen LogP contribution in [0.4, 0.5) is 4.39 Å². The quantitative estimate of drug-likeness (QED) is 0.660. The predicted molar refractivity (Wildman–Crippen MR) is 69.6 cm³/mol. The summed E-state index contributed by atoms with van der Waals surface area (Å²) in [6, 6.07) is 8.39. The van der Waals surface area contributed by atoms with Gasteiger partial charge >= 0.3 is 0 Å². The molecule has 0 saturated carbocycles. The molecule has 18 heavy (non-hydrogen) atoms. The van der Waals surface area contributed by atoms with Gasteiger partial charge in [0.15, 0.2) is 5.16 Å². The molecule has 0 amide bonds. The Morgan fingerprint density at radius 3 is 2.83 bits per heavy atom. The van der Waals surface area contributed by atoms with Crippen LogP contribution in [0, 0.1) is 17.1 Å². The van der Waals surface area contributed by atoms with Crippen LogP contribution in [0.15, 0.2) is 35.6 Å². The lowest BCUT2D eigenvalue weighted by atomic mass is 10.2. The van der Waals surface area contributed by atoms with Crippen molar-refractivity contribution in [3.05, 3.63) is 36.3 Å². The first kappa shape index (κ1) is 12.7. The highest BCUT2D eigenvalue weighted by Crippen LogP contribution is 2.22. The number of nitrogens with one attached hydrogen (secondary N) is 1. The van der Waals surface area contributed by atoms with Crippen LogP contribution in [0.1, 0.15) is 12.8 Å². The van der Waals surface area contributed by atoms with Crippen LogP contribution < -0.4 is 0 Å². The number of nitrogens with zero attached hydrogens (tertiary/aromatic N) is 2. The van der Waals surface area contributed by atoms with E-state index >= 15 is 0 Å². The van der Waals surface area contributed by atoms with Crippen molar-refractivity contribution >= 4 is 11.8 Å². The zero-order chi connectivity index (χ0) is 12.8. The summed E-state index contributed by atoms with van der Waals surface area (Å²) in [5.41, 5.74) is 1.78. The zero-order valence-electron chi connectivity index (χ0n) is 9.69. The summed E-state index contributed by atoms with van der Waals surface area (Å²) in [6.45, 7) is 0. The van der Waals surface area contributed by atoms with Gasteiger partial charge in [0.25, 0.3) is 0 Å². The molecule has 0 radical (unpaired) electrons. The van der Waals surface area contributed by atoms with E-state index in [0.717, 1.165) is 28.6 Å². The Balaban J connectivity index is 1.97. The molecule has 0 saturated heterocycles. The SMILES string of the molecule is N#CCCCSc1ncc(-c2ccc(F)cc2)[nH]1. The normalized spacial score (nSPS) is 10.2. The average Bonchev–Trinajstić information content (AvgIpc) is 2.84. The Morgan fingerprint density at radius 2 is 2.11 bits per heavy atom. The van der Waals surface area contributed by atoms with E-state index in [4.69, 9.17) is 5.26 Å². The van der Waals surface area contributed by atoms with E-state index in [1.165, 1.54) is 12.1 Å². The van der Waals surface area contributed by atoms with Gasteiger partial charge in [0.05, 0.1) is 18.0 Å². The van der Waals surface area contributed by atoms with Gasteiger partial charge in [-0.15, -0.1) is 0 Å². The number of rotatable bonds is 5. The number of benzene rings is 1. The van der Waals surface area contributed by atoms with Crippen LogP contribution in [0.25, 0.3) is 11.3 Å². The third kappa shape index (κ3) is 3.34. The molecular weight excluding hydrogens is 249 g/mol. The van der Waals surface area contributed by atoms with Crippen LogP contribution >= 0.6 is 11.8 Å². The molecule has 0 atom stereocenters. The molecule has 0 unspecified atom stereocenters. The summed E-state index contributed by atoms with van der Waals surface area (Å²) in [5, 5.41) is 9.25. The molecule has 3 nitrogen and oxygen atoms in total. The van der Waals surface area contributed by atoms with Gasteiger partial charge < -0.3 is 4.98 Å². The summed E-state index contributed by atoms with van der Waals surface area (Å²) < 4.78 is 12.8. The molecule has 2 rings (SSSR count). The molecule has 0 aliphatic rings. The van der Waals surface area contributed by atoms with Crippen LogP contribution in [0.5, 0.6) is 0 Å². The molecule has 1 N–H and O–H groups in total. The molecule has 92 valence electrons. The number of aromatic nitrogens is 2. The number of halogens is 1. The van der Waals surface area contributed by atoms with E-state index in [-0.39, 0.29) is 5.82 Å². The standard InChI is InChI=1S/C13H12FN3S/c14-11-5-3-10(4-6-11)12-9-16-13(17-12)18-8-2-1-7-15/h3-6,9H,1-2,8H2,(H,16,17). The lowest BCUT2D eigenvalue weighted by Gasteiger charge is -1.97. The van der Waals surface area contributed by atoms with Gasteiger partial charge in [-0.25, -0.2) is 9.37 Å². The Kier molecular flexibility index (Phi) is 4.37. The van der Waals surface area contributed by atoms with Crippen molar-refractivity contribution in [2.24, 2.45) is 0 Å². The summed E-state index contributed by atoms with van der Waals surface area (Å²) in [5.74, 6) is 0.619. The van der Waals surface area contributed by atoms with Gasteiger partial charge in [-0.3, -0.25) is 0 Å². The predicted octanol–water partition coefficient (Wildman–Crippen LogP) is 3.61. The van der Waals surface area contributed by atoms with E-state index in [0.29, 0.717) is 6.42 Å². The summed E-state index contributed by atoms with van der Waals surface area (Å²) in [4.78, 5) is 7.42. The van der Waals surface area contributed by atoms with Crippen molar-refractivity contribution in [3.63, 3.8) is 0 Å². The molecule has 0 bridgehead atoms. The van der Waals surface area contributed by atoms with Crippen LogP contribution in [0.3, 0.4) is 0 Å². The van der Waals surface area contributed by atoms with Gasteiger partial charge in [-0.1, -0.05) is 11.8 Å². The van der Waals surface area contributed by atoms with Crippen molar-refractivity contribution in [3.8, 4) is 17.3 Å². The lowest BCUT2D eigenvalue weighted by Crippen LogP contribution is -1.82. The molecule has 1 aromatic heterocycles. The number of imidazole rings is 1. The molecule has 0 spiro atoms. The number of aromatic amines is 1. The fraction of sp³-hybridized carbons (Fsp3) is 0.231. The second-order valence-electron chi connectivity index (χ2n) is 3.72. The molecule has 0 fully saturated rings. The minimum absolute atomic E-state index is 0.246. The van der Waals surface area contributed by atoms with E-state index in [1.54, 1.807) is 30.1 Å². The third-order valence-electron chi connectivity index (χ3n) is 2.38. The van der Waals surface area contributed by atoms with Crippen LogP contribution in [0.2, 0.25) is 0 Å². The first-order chi connectivity index (χ1) is 8.79. The number of hydrogen-bond donors (Lipinski definition) is 1. The fourth-order valence-electron chi connectivity index (χ4n) is 1.47. The molecule has 1 aromatic carbocycles. The van der Waals surface area contributed by atoms with E-state index in [2.05, 4.69) is 16.0 Å². The van der Waals surface area contributed by atoms with Gasteiger partial charge in [-0.2, -0.15) is 5.26 Å². The van der Waals surface area contributed by atoms with Gasteiger partial charge in [-0.05, 0) is 36.2 Å². The number of thioether (sulfide) groups is 1. The number of unbranched alkanes of at least 4 members (excludes halogenated alkanes) is 1. The maximum atomic E-state index is 12.8. The van der Waals surface area contributed by atoms with Crippen molar-refractivity contribution in [2.75, 3.05) is 5.75 Å². The molecular formula is C13H12FN3S. The van der Waals surface area contributed by atoms with E-state index < -0.39 is 0 Å². The molecule has 0 aliphatic heterocycles. The van der Waals surface area contributed by atoms with Crippen LogP contribution in [-0.2, 0) is 0 Å². The summed E-state index contributed by atoms with van der Waals surface area (Å²) in [6.07, 6.45) is 3.16. The maximum absolute atomic E-state index is 12.8. The van der Waals surface area contributed by atoms with Crippen LogP contribution in [-0.4, -0.2) is 15.7 Å². The average molecular weight is 261 g/mol. The topological polar surface area (TPSA) is 52.5 Å². The second kappa shape index (κ2) is 6.22. The molecule has 2 aromatic rings. The first-order valence-electron chi connectivity index (χ1n) is 5.60. The highest BCUT2D eigenvalue weighted by Gasteiger charge is 2.03. The second-order valence-corrected chi connectivity index (χ2v) is 4.80. The summed E-state index contributed by atoms with van der Waals surface area (Å²) >= 11 is 1.59. The Morgan fingerprint density at radius 1 is 1.33 bits per heavy atom. The zero-order valence-corrected chi connectivity index (χ0v) is 10.5. The highest BCUT2D eigenvalue weighted by atomic mass is 32.2. The third-order valence-corrected chi connectivity index (χ3v) is 3.35. The maximum Gasteiger partial charge on any atom is 0.165 e. The summed E-state index contributed by atoms with van der Waals surface area (Å²) in [7, 11) is 0. The lowest BCUT2D eigenvalue weighted by molar-refractivity contribution is 0.628. The van der Waals surface area contributed by atoms with Gasteiger partial charge in [0.1, 0.15) is 5.82 Å². The Hall–Kier alpha value is -1.80. The number of H-pyrrole nitrogens is 1. The van der Waals surface area contributed by atoms with Crippen molar-refractivity contribution < 1.29 is 4.39 Å². The van der Waals surface area contributed by atoms with Gasteiger partial charge in [0.2, 0.25) is 0 Å². The van der Waals surface area contributed by atoms with Crippen molar-refractivity contribution in [1.29, 1.82) is 5.26 Å². The fourth-order valence-corrected chi connectivity index (χ4v) is 2.26. The van der Waals surface area contributed by atoms with Crippen molar-refractivity contribution in [1.82, 2.24) is 9.97 Å². The van der Waals surface area contributed by atoms with Gasteiger partial charge in [0, 0.05) is 12.2 Å². The van der Waals surface area contributed by atoms with Crippen molar-refractivity contribution in [2.45, 2.75) is 18.0 Å². The Labute approximate surface area is 109 Å². The van der Waals surface area contributed by atoms with E-state index in [1.807, 2.05) is 0 Å². The minimum Gasteiger partial charge on any atom is -0.333 e. The smallest absolute Gasteiger partial charge is 0.165 e. The first-order valence-corrected chi connectivity index (χ1v) is 6.59.